The van der Waals surface area contributed by atoms with Crippen molar-refractivity contribution >= 4 is 17.8 Å². The number of imidazole rings is 1. The standard InChI is InChI=1S/C13H22N4O2S/c1-9(8-20-3)15-13(18)16-10-4-7-19-11(10)12-14-5-6-17(12)2/h5-6,9-11H,4,7-8H2,1-3H3,(H2,15,16,18)/t9-,10-,11-/m0/s1. The van der Waals surface area contributed by atoms with Gasteiger partial charge in [-0.05, 0) is 19.6 Å². The summed E-state index contributed by atoms with van der Waals surface area (Å²) in [4.78, 5) is 16.3. The molecule has 1 fully saturated rings. The Balaban J connectivity index is 1.91. The molecule has 2 N–H and O–H groups in total. The first kappa shape index (κ1) is 15.2. The van der Waals surface area contributed by atoms with Crippen molar-refractivity contribution in [3.05, 3.63) is 18.2 Å². The van der Waals surface area contributed by atoms with Crippen molar-refractivity contribution in [2.45, 2.75) is 31.5 Å². The maximum atomic E-state index is 12.0. The molecule has 112 valence electrons. The molecule has 0 saturated carbocycles. The Morgan fingerprint density at radius 3 is 3.15 bits per heavy atom. The molecule has 0 spiro atoms. The van der Waals surface area contributed by atoms with Crippen LogP contribution in [-0.2, 0) is 11.8 Å². The third kappa shape index (κ3) is 3.67. The van der Waals surface area contributed by atoms with E-state index in [4.69, 9.17) is 4.74 Å². The summed E-state index contributed by atoms with van der Waals surface area (Å²) in [6.07, 6.45) is 6.29. The summed E-state index contributed by atoms with van der Waals surface area (Å²) in [6, 6.07) is -0.0160. The van der Waals surface area contributed by atoms with Gasteiger partial charge in [0, 0.05) is 37.8 Å². The van der Waals surface area contributed by atoms with Crippen molar-refractivity contribution in [1.82, 2.24) is 20.2 Å². The molecule has 1 aromatic rings. The van der Waals surface area contributed by atoms with Crippen molar-refractivity contribution in [1.29, 1.82) is 0 Å². The number of carbonyl (C=O) groups excluding carboxylic acids is 1. The van der Waals surface area contributed by atoms with Gasteiger partial charge in [-0.25, -0.2) is 9.78 Å². The van der Waals surface area contributed by atoms with E-state index < -0.39 is 0 Å². The van der Waals surface area contributed by atoms with Crippen LogP contribution in [0.4, 0.5) is 4.79 Å². The van der Waals surface area contributed by atoms with Crippen molar-refractivity contribution in [3.63, 3.8) is 0 Å². The van der Waals surface area contributed by atoms with Crippen LogP contribution in [0.5, 0.6) is 0 Å². The van der Waals surface area contributed by atoms with Gasteiger partial charge in [-0.15, -0.1) is 0 Å². The van der Waals surface area contributed by atoms with Gasteiger partial charge in [0.25, 0.3) is 0 Å². The normalized spacial score (nSPS) is 23.6. The van der Waals surface area contributed by atoms with E-state index in [1.54, 1.807) is 18.0 Å². The van der Waals surface area contributed by atoms with E-state index in [9.17, 15) is 4.79 Å². The molecule has 0 aliphatic carbocycles. The van der Waals surface area contributed by atoms with Gasteiger partial charge in [-0.2, -0.15) is 11.8 Å². The van der Waals surface area contributed by atoms with E-state index in [0.29, 0.717) is 6.61 Å². The first-order valence-electron chi connectivity index (χ1n) is 6.76. The second-order valence-corrected chi connectivity index (χ2v) is 5.97. The smallest absolute Gasteiger partial charge is 0.315 e. The fraction of sp³-hybridized carbons (Fsp3) is 0.692. The topological polar surface area (TPSA) is 68.2 Å². The van der Waals surface area contributed by atoms with E-state index in [1.807, 2.05) is 31.0 Å². The number of hydrogen-bond acceptors (Lipinski definition) is 4. The second kappa shape index (κ2) is 6.99. The molecule has 1 saturated heterocycles. The number of amides is 2. The monoisotopic (exact) mass is 298 g/mol. The zero-order valence-corrected chi connectivity index (χ0v) is 12.9. The van der Waals surface area contributed by atoms with Gasteiger partial charge in [-0.1, -0.05) is 0 Å². The second-order valence-electron chi connectivity index (χ2n) is 5.06. The number of rotatable bonds is 5. The van der Waals surface area contributed by atoms with Gasteiger partial charge in [0.05, 0.1) is 6.04 Å². The third-order valence-electron chi connectivity index (χ3n) is 3.32. The Morgan fingerprint density at radius 1 is 1.70 bits per heavy atom. The number of aryl methyl sites for hydroxylation is 1. The molecule has 3 atom stereocenters. The van der Waals surface area contributed by atoms with Crippen LogP contribution < -0.4 is 10.6 Å². The molecular formula is C13H22N4O2S. The van der Waals surface area contributed by atoms with Crippen LogP contribution in [0.3, 0.4) is 0 Å². The summed E-state index contributed by atoms with van der Waals surface area (Å²) in [6.45, 7) is 2.64. The largest absolute Gasteiger partial charge is 0.368 e. The Morgan fingerprint density at radius 2 is 2.50 bits per heavy atom. The number of ether oxygens (including phenoxy) is 1. The fourth-order valence-electron chi connectivity index (χ4n) is 2.37. The molecule has 2 rings (SSSR count). The zero-order chi connectivity index (χ0) is 14.5. The van der Waals surface area contributed by atoms with Crippen LogP contribution in [0.2, 0.25) is 0 Å². The summed E-state index contributed by atoms with van der Waals surface area (Å²) in [7, 11) is 1.93. The van der Waals surface area contributed by atoms with Gasteiger partial charge >= 0.3 is 6.03 Å². The number of nitrogens with one attached hydrogen (secondary N) is 2. The molecule has 0 unspecified atom stereocenters. The summed E-state index contributed by atoms with van der Waals surface area (Å²) in [5.41, 5.74) is 0. The van der Waals surface area contributed by atoms with Gasteiger partial charge < -0.3 is 19.9 Å². The molecule has 0 aromatic carbocycles. The number of aromatic nitrogens is 2. The van der Waals surface area contributed by atoms with Crippen LogP contribution in [0.1, 0.15) is 25.3 Å². The minimum atomic E-state index is -0.170. The zero-order valence-electron chi connectivity index (χ0n) is 12.1. The number of urea groups is 1. The number of thioether (sulfide) groups is 1. The Labute approximate surface area is 123 Å². The van der Waals surface area contributed by atoms with Crippen molar-refractivity contribution in [2.24, 2.45) is 7.05 Å². The Hall–Kier alpha value is -1.21. The first-order valence-corrected chi connectivity index (χ1v) is 8.16. The number of carbonyl (C=O) groups is 1. The highest BCUT2D eigenvalue weighted by molar-refractivity contribution is 7.98. The molecule has 2 amide bonds. The van der Waals surface area contributed by atoms with E-state index in [0.717, 1.165) is 18.0 Å². The number of hydrogen-bond donors (Lipinski definition) is 2. The van der Waals surface area contributed by atoms with Crippen LogP contribution in [-0.4, -0.2) is 46.3 Å². The van der Waals surface area contributed by atoms with E-state index in [2.05, 4.69) is 15.6 Å². The third-order valence-corrected chi connectivity index (χ3v) is 4.15. The molecule has 1 aliphatic heterocycles. The minimum absolute atomic E-state index is 0.0300. The quantitative estimate of drug-likeness (QED) is 0.860. The van der Waals surface area contributed by atoms with Crippen molar-refractivity contribution < 1.29 is 9.53 Å². The maximum Gasteiger partial charge on any atom is 0.315 e. The number of nitrogens with zero attached hydrogens (tertiary/aromatic N) is 2. The summed E-state index contributed by atoms with van der Waals surface area (Å²) in [5.74, 6) is 1.75. The SMILES string of the molecule is CSC[C@H](C)NC(=O)N[C@H]1CCO[C@@H]1c1nccn1C. The Bertz CT molecular complexity index is 451. The van der Waals surface area contributed by atoms with Crippen LogP contribution in [0, 0.1) is 0 Å². The minimum Gasteiger partial charge on any atom is -0.368 e. The average Bonchev–Trinajstić information content (AvgIpc) is 2.97. The van der Waals surface area contributed by atoms with Gasteiger partial charge in [0.1, 0.15) is 11.9 Å². The van der Waals surface area contributed by atoms with E-state index >= 15 is 0 Å². The predicted molar refractivity (Wildman–Crippen MR) is 79.8 cm³/mol. The maximum absolute atomic E-state index is 12.0. The van der Waals surface area contributed by atoms with Crippen LogP contribution >= 0.6 is 11.8 Å². The molecule has 0 radical (unpaired) electrons. The van der Waals surface area contributed by atoms with Crippen LogP contribution in [0.15, 0.2) is 12.4 Å². The van der Waals surface area contributed by atoms with E-state index in [-0.39, 0.29) is 24.2 Å². The molecule has 0 bridgehead atoms. The highest BCUT2D eigenvalue weighted by atomic mass is 32.2. The molecule has 7 heteroatoms. The van der Waals surface area contributed by atoms with Crippen molar-refractivity contribution in [3.8, 4) is 0 Å². The van der Waals surface area contributed by atoms with Gasteiger partial charge in [0.15, 0.2) is 0 Å². The lowest BCUT2D eigenvalue weighted by molar-refractivity contribution is 0.0908. The summed E-state index contributed by atoms with van der Waals surface area (Å²) >= 11 is 1.71. The summed E-state index contributed by atoms with van der Waals surface area (Å²) < 4.78 is 7.64. The molecule has 20 heavy (non-hydrogen) atoms. The predicted octanol–water partition coefficient (Wildman–Crippen LogP) is 1.30. The molecular weight excluding hydrogens is 276 g/mol. The highest BCUT2D eigenvalue weighted by Gasteiger charge is 2.33. The highest BCUT2D eigenvalue weighted by Crippen LogP contribution is 2.27. The van der Waals surface area contributed by atoms with Crippen LogP contribution in [0.25, 0.3) is 0 Å². The molecule has 6 nitrogen and oxygen atoms in total. The van der Waals surface area contributed by atoms with Crippen molar-refractivity contribution in [2.75, 3.05) is 18.6 Å². The fourth-order valence-corrected chi connectivity index (χ4v) is 2.95. The average molecular weight is 298 g/mol. The lowest BCUT2D eigenvalue weighted by atomic mass is 10.1. The first-order chi connectivity index (χ1) is 9.61. The lowest BCUT2D eigenvalue weighted by Crippen LogP contribution is -2.47. The summed E-state index contributed by atoms with van der Waals surface area (Å²) in [5, 5.41) is 5.93. The Kier molecular flexibility index (Phi) is 5.31. The molecule has 1 aliphatic rings. The van der Waals surface area contributed by atoms with Gasteiger partial charge in [0.2, 0.25) is 0 Å². The molecule has 1 aromatic heterocycles. The van der Waals surface area contributed by atoms with Gasteiger partial charge in [-0.3, -0.25) is 0 Å². The van der Waals surface area contributed by atoms with E-state index in [1.165, 1.54) is 0 Å². The lowest BCUT2D eigenvalue weighted by Gasteiger charge is -2.21. The molecule has 2 heterocycles.